The monoisotopic (exact) mass is 440 g/mol. The Labute approximate surface area is 184 Å². The van der Waals surface area contributed by atoms with Gasteiger partial charge in [-0.2, -0.15) is 0 Å². The SMILES string of the molecule is COc1ccccc1-n1c(SCC(=O)NC(C2CC2)C2CC2)nnc1-c1cccs1. The predicted octanol–water partition coefficient (Wildman–Crippen LogP) is 4.40. The number of nitrogens with one attached hydrogen (secondary N) is 1. The van der Waals surface area contributed by atoms with E-state index in [-0.39, 0.29) is 5.91 Å². The minimum absolute atomic E-state index is 0.0797. The van der Waals surface area contributed by atoms with Crippen molar-refractivity contribution in [3.8, 4) is 22.1 Å². The molecule has 2 saturated carbocycles. The summed E-state index contributed by atoms with van der Waals surface area (Å²) in [5.41, 5.74) is 0.866. The van der Waals surface area contributed by atoms with Gasteiger partial charge in [-0.1, -0.05) is 30.0 Å². The highest BCUT2D eigenvalue weighted by atomic mass is 32.2. The van der Waals surface area contributed by atoms with Crippen LogP contribution in [-0.4, -0.2) is 39.6 Å². The Morgan fingerprint density at radius 2 is 1.97 bits per heavy atom. The van der Waals surface area contributed by atoms with Crippen molar-refractivity contribution in [1.82, 2.24) is 20.1 Å². The molecule has 0 saturated heterocycles. The minimum atomic E-state index is 0.0797. The lowest BCUT2D eigenvalue weighted by molar-refractivity contribution is -0.119. The molecule has 2 heterocycles. The Morgan fingerprint density at radius 1 is 1.20 bits per heavy atom. The molecule has 2 aliphatic carbocycles. The molecule has 0 aliphatic heterocycles. The van der Waals surface area contributed by atoms with Crippen molar-refractivity contribution >= 4 is 29.0 Å². The van der Waals surface area contributed by atoms with Crippen molar-refractivity contribution in [3.05, 3.63) is 41.8 Å². The fourth-order valence-corrected chi connectivity index (χ4v) is 5.30. The Morgan fingerprint density at radius 3 is 2.63 bits per heavy atom. The largest absolute Gasteiger partial charge is 0.495 e. The standard InChI is InChI=1S/C22H24N4O2S2/c1-28-17-6-3-2-5-16(17)26-21(18-7-4-12-29-18)24-25-22(26)30-13-19(27)23-20(14-8-9-14)15-10-11-15/h2-7,12,14-15,20H,8-11,13H2,1H3,(H,23,27). The van der Waals surface area contributed by atoms with Crippen LogP contribution >= 0.6 is 23.1 Å². The Balaban J connectivity index is 1.39. The minimum Gasteiger partial charge on any atom is -0.495 e. The number of carbonyl (C=O) groups excluding carboxylic acids is 1. The number of amides is 1. The quantitative estimate of drug-likeness (QED) is 0.500. The van der Waals surface area contributed by atoms with Gasteiger partial charge in [0.2, 0.25) is 5.91 Å². The van der Waals surface area contributed by atoms with Crippen LogP contribution in [-0.2, 0) is 4.79 Å². The van der Waals surface area contributed by atoms with E-state index in [4.69, 9.17) is 4.74 Å². The van der Waals surface area contributed by atoms with E-state index in [0.29, 0.717) is 28.8 Å². The van der Waals surface area contributed by atoms with E-state index in [1.807, 2.05) is 46.3 Å². The van der Waals surface area contributed by atoms with Crippen molar-refractivity contribution in [1.29, 1.82) is 0 Å². The Bertz CT molecular complexity index is 1010. The summed E-state index contributed by atoms with van der Waals surface area (Å²) in [6.07, 6.45) is 5.00. The number of aromatic nitrogens is 3. The first-order valence-corrected chi connectivity index (χ1v) is 12.2. The molecule has 1 N–H and O–H groups in total. The maximum absolute atomic E-state index is 12.7. The van der Waals surface area contributed by atoms with Crippen LogP contribution in [0.1, 0.15) is 25.7 Å². The van der Waals surface area contributed by atoms with Crippen molar-refractivity contribution in [2.75, 3.05) is 12.9 Å². The fourth-order valence-electron chi connectivity index (χ4n) is 3.85. The molecule has 1 aromatic carbocycles. The summed E-state index contributed by atoms with van der Waals surface area (Å²) in [5.74, 6) is 3.28. The van der Waals surface area contributed by atoms with E-state index in [2.05, 4.69) is 15.5 Å². The van der Waals surface area contributed by atoms with E-state index in [1.54, 1.807) is 18.4 Å². The van der Waals surface area contributed by atoms with E-state index in [1.165, 1.54) is 37.4 Å². The number of rotatable bonds is 9. The third kappa shape index (κ3) is 4.11. The van der Waals surface area contributed by atoms with E-state index in [9.17, 15) is 4.79 Å². The number of thiophene rings is 1. The molecule has 0 radical (unpaired) electrons. The molecular weight excluding hydrogens is 416 g/mol. The molecule has 2 fully saturated rings. The number of hydrogen-bond acceptors (Lipinski definition) is 6. The smallest absolute Gasteiger partial charge is 0.230 e. The van der Waals surface area contributed by atoms with Gasteiger partial charge < -0.3 is 10.1 Å². The second-order valence-electron chi connectivity index (χ2n) is 7.85. The molecular formula is C22H24N4O2S2. The lowest BCUT2D eigenvalue weighted by Crippen LogP contribution is -2.39. The number of ether oxygens (including phenoxy) is 1. The number of methoxy groups -OCH3 is 1. The van der Waals surface area contributed by atoms with Crippen molar-refractivity contribution in [3.63, 3.8) is 0 Å². The third-order valence-electron chi connectivity index (χ3n) is 5.62. The number of nitrogens with zero attached hydrogens (tertiary/aromatic N) is 3. The van der Waals surface area contributed by atoms with E-state index in [0.717, 1.165) is 22.1 Å². The van der Waals surface area contributed by atoms with Gasteiger partial charge >= 0.3 is 0 Å². The van der Waals surface area contributed by atoms with Gasteiger partial charge in [0.1, 0.15) is 5.75 Å². The third-order valence-corrected chi connectivity index (χ3v) is 7.42. The van der Waals surface area contributed by atoms with Crippen LogP contribution in [0.2, 0.25) is 0 Å². The molecule has 2 aromatic heterocycles. The lowest BCUT2D eigenvalue weighted by Gasteiger charge is -2.17. The van der Waals surface area contributed by atoms with Crippen LogP contribution in [0.4, 0.5) is 0 Å². The zero-order valence-corrected chi connectivity index (χ0v) is 18.4. The van der Waals surface area contributed by atoms with Gasteiger partial charge in [0.15, 0.2) is 11.0 Å². The van der Waals surface area contributed by atoms with Gasteiger partial charge in [-0.05, 0) is 61.1 Å². The zero-order valence-electron chi connectivity index (χ0n) is 16.8. The topological polar surface area (TPSA) is 69.0 Å². The molecule has 0 unspecified atom stereocenters. The average Bonchev–Trinajstić information content (AvgIpc) is 3.69. The van der Waals surface area contributed by atoms with Gasteiger partial charge in [0.05, 0.1) is 23.4 Å². The lowest BCUT2D eigenvalue weighted by atomic mass is 10.1. The van der Waals surface area contributed by atoms with Gasteiger partial charge in [-0.3, -0.25) is 9.36 Å². The zero-order chi connectivity index (χ0) is 20.5. The average molecular weight is 441 g/mol. The molecule has 3 aromatic rings. The second kappa shape index (κ2) is 8.43. The summed E-state index contributed by atoms with van der Waals surface area (Å²) in [6, 6.07) is 12.2. The number of hydrogen-bond donors (Lipinski definition) is 1. The number of benzene rings is 1. The van der Waals surface area contributed by atoms with Crippen molar-refractivity contribution in [2.45, 2.75) is 36.9 Å². The van der Waals surface area contributed by atoms with Gasteiger partial charge in [0, 0.05) is 6.04 Å². The van der Waals surface area contributed by atoms with Crippen molar-refractivity contribution < 1.29 is 9.53 Å². The molecule has 0 atom stereocenters. The molecule has 1 amide bonds. The maximum Gasteiger partial charge on any atom is 0.230 e. The molecule has 30 heavy (non-hydrogen) atoms. The first kappa shape index (κ1) is 19.6. The highest BCUT2D eigenvalue weighted by Crippen LogP contribution is 2.44. The molecule has 8 heteroatoms. The van der Waals surface area contributed by atoms with Crippen LogP contribution in [0.3, 0.4) is 0 Å². The molecule has 156 valence electrons. The normalized spacial score (nSPS) is 16.1. The Kier molecular flexibility index (Phi) is 5.52. The first-order valence-electron chi connectivity index (χ1n) is 10.3. The van der Waals surface area contributed by atoms with Crippen LogP contribution in [0.25, 0.3) is 16.4 Å². The summed E-state index contributed by atoms with van der Waals surface area (Å²) in [7, 11) is 1.66. The fraction of sp³-hybridized carbons (Fsp3) is 0.409. The summed E-state index contributed by atoms with van der Waals surface area (Å²) < 4.78 is 7.57. The van der Waals surface area contributed by atoms with E-state index >= 15 is 0 Å². The summed E-state index contributed by atoms with van der Waals surface area (Å²) in [5, 5.41) is 14.9. The Hall–Kier alpha value is -2.32. The van der Waals surface area contributed by atoms with Crippen LogP contribution in [0, 0.1) is 11.8 Å². The molecule has 6 nitrogen and oxygen atoms in total. The first-order chi connectivity index (χ1) is 14.7. The second-order valence-corrected chi connectivity index (χ2v) is 9.74. The molecule has 2 aliphatic rings. The predicted molar refractivity (Wildman–Crippen MR) is 119 cm³/mol. The number of thioether (sulfide) groups is 1. The summed E-state index contributed by atoms with van der Waals surface area (Å²) in [4.78, 5) is 13.7. The van der Waals surface area contributed by atoms with Crippen LogP contribution in [0.15, 0.2) is 46.9 Å². The molecule has 0 bridgehead atoms. The van der Waals surface area contributed by atoms with E-state index < -0.39 is 0 Å². The highest BCUT2D eigenvalue weighted by Gasteiger charge is 2.42. The van der Waals surface area contributed by atoms with Gasteiger partial charge in [0.25, 0.3) is 0 Å². The molecule has 0 spiro atoms. The van der Waals surface area contributed by atoms with Gasteiger partial charge in [-0.25, -0.2) is 0 Å². The maximum atomic E-state index is 12.7. The highest BCUT2D eigenvalue weighted by molar-refractivity contribution is 7.99. The molecule has 5 rings (SSSR count). The summed E-state index contributed by atoms with van der Waals surface area (Å²) in [6.45, 7) is 0. The summed E-state index contributed by atoms with van der Waals surface area (Å²) >= 11 is 3.03. The van der Waals surface area contributed by atoms with Crippen LogP contribution in [0.5, 0.6) is 5.75 Å². The van der Waals surface area contributed by atoms with Crippen molar-refractivity contribution in [2.24, 2.45) is 11.8 Å². The van der Waals surface area contributed by atoms with Gasteiger partial charge in [-0.15, -0.1) is 21.5 Å². The van der Waals surface area contributed by atoms with Crippen LogP contribution < -0.4 is 10.1 Å². The number of carbonyl (C=O) groups is 1. The number of para-hydroxylation sites is 2.